The molecule has 15 heavy (non-hydrogen) atoms. The Morgan fingerprint density at radius 2 is 2.27 bits per heavy atom. The predicted octanol–water partition coefficient (Wildman–Crippen LogP) is 0.986. The minimum Gasteiger partial charge on any atom is -0.398 e. The molecule has 0 fully saturated rings. The number of hydrogen-bond donors (Lipinski definition) is 2. The molecule has 0 saturated heterocycles. The molecule has 0 aliphatic heterocycles. The summed E-state index contributed by atoms with van der Waals surface area (Å²) in [7, 11) is 1.60. The molecular weight excluding hydrogens is 216 g/mol. The third-order valence-electron chi connectivity index (χ3n) is 2.03. The van der Waals surface area contributed by atoms with Gasteiger partial charge in [0.05, 0.1) is 12.2 Å². The molecule has 0 aliphatic carbocycles. The van der Waals surface area contributed by atoms with E-state index in [1.165, 1.54) is 11.0 Å². The molecule has 5 heteroatoms. The van der Waals surface area contributed by atoms with Crippen LogP contribution in [0.25, 0.3) is 0 Å². The van der Waals surface area contributed by atoms with Crippen LogP contribution in [0.1, 0.15) is 10.4 Å². The number of benzene rings is 1. The summed E-state index contributed by atoms with van der Waals surface area (Å²) in [6.07, 6.45) is 0. The molecule has 82 valence electrons. The van der Waals surface area contributed by atoms with Crippen LogP contribution in [0.4, 0.5) is 5.69 Å². The van der Waals surface area contributed by atoms with Crippen LogP contribution in [-0.4, -0.2) is 36.1 Å². The highest BCUT2D eigenvalue weighted by atomic mass is 35.5. The molecule has 0 saturated carbocycles. The molecule has 1 aromatic rings. The van der Waals surface area contributed by atoms with E-state index in [-0.39, 0.29) is 19.1 Å². The number of amides is 1. The van der Waals surface area contributed by atoms with Gasteiger partial charge in [0.1, 0.15) is 0 Å². The first-order chi connectivity index (χ1) is 7.06. The van der Waals surface area contributed by atoms with Crippen LogP contribution in [0.2, 0.25) is 5.02 Å². The Balaban J connectivity index is 2.95. The van der Waals surface area contributed by atoms with Crippen LogP contribution in [0.15, 0.2) is 18.2 Å². The number of likely N-dealkylation sites (N-methyl/N-ethyl adjacent to an activating group) is 1. The minimum absolute atomic E-state index is 0.0806. The number of nitrogen functional groups attached to an aromatic ring is 1. The number of hydrogen-bond acceptors (Lipinski definition) is 3. The van der Waals surface area contributed by atoms with Gasteiger partial charge in [-0.3, -0.25) is 4.79 Å². The monoisotopic (exact) mass is 228 g/mol. The van der Waals surface area contributed by atoms with E-state index in [2.05, 4.69) is 0 Å². The Bertz CT molecular complexity index is 368. The maximum Gasteiger partial charge on any atom is 0.255 e. The highest BCUT2D eigenvalue weighted by molar-refractivity contribution is 6.31. The molecule has 0 aromatic heterocycles. The van der Waals surface area contributed by atoms with Crippen molar-refractivity contribution >= 4 is 23.2 Å². The number of carbonyl (C=O) groups is 1. The molecule has 0 radical (unpaired) electrons. The van der Waals surface area contributed by atoms with Gasteiger partial charge >= 0.3 is 0 Å². The SMILES string of the molecule is CN(CCO)C(=O)c1cc(Cl)ccc1N. The van der Waals surface area contributed by atoms with Gasteiger partial charge in [-0.2, -0.15) is 0 Å². The lowest BCUT2D eigenvalue weighted by Crippen LogP contribution is -2.30. The second kappa shape index (κ2) is 5.00. The van der Waals surface area contributed by atoms with Crippen molar-refractivity contribution < 1.29 is 9.90 Å². The molecule has 0 atom stereocenters. The van der Waals surface area contributed by atoms with Gasteiger partial charge in [-0.1, -0.05) is 11.6 Å². The molecule has 0 bridgehead atoms. The van der Waals surface area contributed by atoms with Crippen LogP contribution in [-0.2, 0) is 0 Å². The van der Waals surface area contributed by atoms with Crippen molar-refractivity contribution in [1.29, 1.82) is 0 Å². The lowest BCUT2D eigenvalue weighted by atomic mass is 10.1. The third kappa shape index (κ3) is 2.84. The van der Waals surface area contributed by atoms with Gasteiger partial charge in [-0.25, -0.2) is 0 Å². The number of halogens is 1. The van der Waals surface area contributed by atoms with Gasteiger partial charge in [0.25, 0.3) is 5.91 Å². The van der Waals surface area contributed by atoms with Crippen molar-refractivity contribution in [1.82, 2.24) is 4.90 Å². The quantitative estimate of drug-likeness (QED) is 0.759. The van der Waals surface area contributed by atoms with Gasteiger partial charge in [-0.15, -0.1) is 0 Å². The van der Waals surface area contributed by atoms with E-state index in [9.17, 15) is 4.79 Å². The van der Waals surface area contributed by atoms with Crippen molar-refractivity contribution in [2.24, 2.45) is 0 Å². The number of aliphatic hydroxyl groups excluding tert-OH is 1. The maximum atomic E-state index is 11.8. The fourth-order valence-corrected chi connectivity index (χ4v) is 1.34. The second-order valence-electron chi connectivity index (χ2n) is 3.18. The number of rotatable bonds is 3. The first kappa shape index (κ1) is 11.8. The fourth-order valence-electron chi connectivity index (χ4n) is 1.17. The molecule has 0 aliphatic rings. The summed E-state index contributed by atoms with van der Waals surface area (Å²) in [4.78, 5) is 13.2. The Labute approximate surface area is 93.2 Å². The van der Waals surface area contributed by atoms with Crippen molar-refractivity contribution in [2.75, 3.05) is 25.9 Å². The summed E-state index contributed by atoms with van der Waals surface area (Å²) in [5.41, 5.74) is 6.40. The lowest BCUT2D eigenvalue weighted by Gasteiger charge is -2.16. The number of carbonyl (C=O) groups excluding carboxylic acids is 1. The second-order valence-corrected chi connectivity index (χ2v) is 3.62. The topological polar surface area (TPSA) is 66.6 Å². The highest BCUT2D eigenvalue weighted by Crippen LogP contribution is 2.19. The van der Waals surface area contributed by atoms with Gasteiger partial charge < -0.3 is 15.7 Å². The van der Waals surface area contributed by atoms with Crippen LogP contribution in [0.3, 0.4) is 0 Å². The Kier molecular flexibility index (Phi) is 3.94. The largest absolute Gasteiger partial charge is 0.398 e. The Morgan fingerprint density at radius 3 is 2.87 bits per heavy atom. The highest BCUT2D eigenvalue weighted by Gasteiger charge is 2.14. The maximum absolute atomic E-state index is 11.8. The standard InChI is InChI=1S/C10H13ClN2O2/c1-13(4-5-14)10(15)8-6-7(11)2-3-9(8)12/h2-3,6,14H,4-5,12H2,1H3. The third-order valence-corrected chi connectivity index (χ3v) is 2.26. The molecule has 1 aromatic carbocycles. The molecule has 4 nitrogen and oxygen atoms in total. The summed E-state index contributed by atoms with van der Waals surface area (Å²) in [6.45, 7) is 0.188. The first-order valence-electron chi connectivity index (χ1n) is 4.47. The van der Waals surface area contributed by atoms with Crippen LogP contribution in [0, 0.1) is 0 Å². The van der Waals surface area contributed by atoms with Gasteiger partial charge in [0, 0.05) is 24.3 Å². The van der Waals surface area contributed by atoms with Crippen molar-refractivity contribution in [3.8, 4) is 0 Å². The van der Waals surface area contributed by atoms with Crippen LogP contribution < -0.4 is 5.73 Å². The van der Waals surface area contributed by atoms with Gasteiger partial charge in [0.2, 0.25) is 0 Å². The van der Waals surface area contributed by atoms with Crippen molar-refractivity contribution in [3.63, 3.8) is 0 Å². The number of aliphatic hydroxyl groups is 1. The fraction of sp³-hybridized carbons (Fsp3) is 0.300. The van der Waals surface area contributed by atoms with Crippen LogP contribution >= 0.6 is 11.6 Å². The minimum atomic E-state index is -0.246. The molecule has 0 unspecified atom stereocenters. The van der Waals surface area contributed by atoms with Crippen molar-refractivity contribution in [3.05, 3.63) is 28.8 Å². The number of anilines is 1. The molecule has 1 amide bonds. The van der Waals surface area contributed by atoms with Crippen molar-refractivity contribution in [2.45, 2.75) is 0 Å². The Hall–Kier alpha value is -1.26. The van der Waals surface area contributed by atoms with E-state index >= 15 is 0 Å². The van der Waals surface area contributed by atoms with E-state index in [0.717, 1.165) is 0 Å². The molecule has 3 N–H and O–H groups in total. The van der Waals surface area contributed by atoms with E-state index in [1.807, 2.05) is 0 Å². The molecular formula is C10H13ClN2O2. The first-order valence-corrected chi connectivity index (χ1v) is 4.85. The van der Waals surface area contributed by atoms with Gasteiger partial charge in [0.15, 0.2) is 0 Å². The molecule has 0 heterocycles. The Morgan fingerprint density at radius 1 is 1.60 bits per heavy atom. The van der Waals surface area contributed by atoms with E-state index < -0.39 is 0 Å². The predicted molar refractivity (Wildman–Crippen MR) is 59.9 cm³/mol. The van der Waals surface area contributed by atoms with E-state index in [0.29, 0.717) is 16.3 Å². The van der Waals surface area contributed by atoms with E-state index in [4.69, 9.17) is 22.4 Å². The summed E-state index contributed by atoms with van der Waals surface area (Å²) in [6, 6.07) is 4.73. The summed E-state index contributed by atoms with van der Waals surface area (Å²) in [5, 5.41) is 9.17. The smallest absolute Gasteiger partial charge is 0.255 e. The summed E-state index contributed by atoms with van der Waals surface area (Å²) in [5.74, 6) is -0.246. The zero-order valence-corrected chi connectivity index (χ0v) is 9.16. The zero-order chi connectivity index (χ0) is 11.4. The number of nitrogens with zero attached hydrogens (tertiary/aromatic N) is 1. The summed E-state index contributed by atoms with van der Waals surface area (Å²) >= 11 is 5.77. The molecule has 0 spiro atoms. The lowest BCUT2D eigenvalue weighted by molar-refractivity contribution is 0.0768. The molecule has 1 rings (SSSR count). The summed E-state index contributed by atoms with van der Waals surface area (Å²) < 4.78 is 0. The average Bonchev–Trinajstić information content (AvgIpc) is 2.21. The average molecular weight is 229 g/mol. The van der Waals surface area contributed by atoms with E-state index in [1.54, 1.807) is 19.2 Å². The number of nitrogens with two attached hydrogens (primary N) is 1. The van der Waals surface area contributed by atoms with Crippen LogP contribution in [0.5, 0.6) is 0 Å². The zero-order valence-electron chi connectivity index (χ0n) is 8.40. The van der Waals surface area contributed by atoms with Gasteiger partial charge in [-0.05, 0) is 18.2 Å². The normalized spacial score (nSPS) is 10.1.